The predicted molar refractivity (Wildman–Crippen MR) is 82.1 cm³/mol. The molecule has 0 aliphatic rings. The van der Waals surface area contributed by atoms with Crippen LogP contribution in [0.5, 0.6) is 5.75 Å². The number of aromatic nitrogens is 1. The van der Waals surface area contributed by atoms with Gasteiger partial charge in [-0.15, -0.1) is 11.6 Å². The second-order valence-electron chi connectivity index (χ2n) is 4.79. The highest BCUT2D eigenvalue weighted by Crippen LogP contribution is 2.31. The van der Waals surface area contributed by atoms with Crippen LogP contribution in [0.4, 0.5) is 0 Å². The molecule has 0 aliphatic heterocycles. The summed E-state index contributed by atoms with van der Waals surface area (Å²) in [6, 6.07) is 13.1. The molecule has 0 saturated heterocycles. The second-order valence-corrected chi connectivity index (χ2v) is 5.23. The van der Waals surface area contributed by atoms with Crippen molar-refractivity contribution >= 4 is 22.7 Å². The summed E-state index contributed by atoms with van der Waals surface area (Å²) in [6.07, 6.45) is 0. The minimum atomic E-state index is -0.377. The van der Waals surface area contributed by atoms with Gasteiger partial charge in [0.2, 0.25) is 0 Å². The molecule has 0 saturated carbocycles. The Hall–Kier alpha value is -2.20. The van der Waals surface area contributed by atoms with Crippen LogP contribution in [0.15, 0.2) is 51.7 Å². The van der Waals surface area contributed by atoms with E-state index in [9.17, 15) is 4.79 Å². The molecule has 1 heterocycles. The van der Waals surface area contributed by atoms with Crippen molar-refractivity contribution in [3.63, 3.8) is 0 Å². The Morgan fingerprint density at radius 3 is 2.48 bits per heavy atom. The molecule has 108 valence electrons. The number of rotatable bonds is 3. The first kappa shape index (κ1) is 13.8. The van der Waals surface area contributed by atoms with Crippen molar-refractivity contribution in [1.82, 2.24) is 4.57 Å². The van der Waals surface area contributed by atoms with Gasteiger partial charge >= 0.3 is 5.76 Å². The third kappa shape index (κ3) is 2.43. The molecule has 0 amide bonds. The van der Waals surface area contributed by atoms with Gasteiger partial charge in [-0.3, -0.25) is 4.57 Å². The lowest BCUT2D eigenvalue weighted by Crippen LogP contribution is -2.08. The number of methoxy groups -OCH3 is 1. The third-order valence-electron chi connectivity index (χ3n) is 3.52. The Labute approximate surface area is 126 Å². The van der Waals surface area contributed by atoms with E-state index < -0.39 is 0 Å². The number of oxazole rings is 1. The topological polar surface area (TPSA) is 44.4 Å². The van der Waals surface area contributed by atoms with Crippen LogP contribution in [-0.4, -0.2) is 11.7 Å². The van der Waals surface area contributed by atoms with Crippen LogP contribution < -0.4 is 10.5 Å². The Balaban J connectivity index is 2.00. The molecule has 2 aromatic carbocycles. The Morgan fingerprint density at radius 2 is 1.81 bits per heavy atom. The van der Waals surface area contributed by atoms with E-state index >= 15 is 0 Å². The molecule has 0 spiro atoms. The minimum Gasteiger partial charge on any atom is -0.497 e. The van der Waals surface area contributed by atoms with Crippen LogP contribution in [0.1, 0.15) is 16.5 Å². The number of halogens is 1. The van der Waals surface area contributed by atoms with Crippen LogP contribution >= 0.6 is 11.6 Å². The van der Waals surface area contributed by atoms with Gasteiger partial charge < -0.3 is 9.15 Å². The van der Waals surface area contributed by atoms with Crippen molar-refractivity contribution in [1.29, 1.82) is 0 Å². The molecule has 0 N–H and O–H groups in total. The monoisotopic (exact) mass is 303 g/mol. The lowest BCUT2D eigenvalue weighted by atomic mass is 10.0. The number of ether oxygens (including phenoxy) is 1. The normalized spacial score (nSPS) is 12.5. The summed E-state index contributed by atoms with van der Waals surface area (Å²) in [6.45, 7) is 0. The molecule has 0 bridgehead atoms. The molecular formula is C16H14ClNO3. The number of benzene rings is 2. The van der Waals surface area contributed by atoms with Crippen LogP contribution in [-0.2, 0) is 7.05 Å². The SMILES string of the molecule is COc1ccc(C(Cl)c2ccc3c(c2)oc(=O)n3C)cc1. The third-order valence-corrected chi connectivity index (χ3v) is 4.02. The first-order valence-electron chi connectivity index (χ1n) is 6.47. The minimum absolute atomic E-state index is 0.314. The van der Waals surface area contributed by atoms with Crippen molar-refractivity contribution in [3.8, 4) is 5.75 Å². The zero-order valence-corrected chi connectivity index (χ0v) is 12.4. The van der Waals surface area contributed by atoms with Gasteiger partial charge in [-0.25, -0.2) is 4.79 Å². The van der Waals surface area contributed by atoms with Gasteiger partial charge in [0.1, 0.15) is 5.75 Å². The molecule has 21 heavy (non-hydrogen) atoms. The zero-order chi connectivity index (χ0) is 15.0. The van der Waals surface area contributed by atoms with Gasteiger partial charge in [0.05, 0.1) is 18.0 Å². The lowest BCUT2D eigenvalue weighted by molar-refractivity contribution is 0.414. The Morgan fingerprint density at radius 1 is 1.14 bits per heavy atom. The summed E-state index contributed by atoms with van der Waals surface area (Å²) in [5, 5.41) is -0.314. The van der Waals surface area contributed by atoms with E-state index in [0.29, 0.717) is 5.58 Å². The van der Waals surface area contributed by atoms with Crippen LogP contribution in [0.2, 0.25) is 0 Å². The van der Waals surface area contributed by atoms with Crippen molar-refractivity contribution in [2.75, 3.05) is 7.11 Å². The number of aryl methyl sites for hydroxylation is 1. The summed E-state index contributed by atoms with van der Waals surface area (Å²) in [7, 11) is 3.30. The lowest BCUT2D eigenvalue weighted by Gasteiger charge is -2.11. The van der Waals surface area contributed by atoms with E-state index in [-0.39, 0.29) is 11.1 Å². The number of hydrogen-bond acceptors (Lipinski definition) is 3. The van der Waals surface area contributed by atoms with E-state index in [1.807, 2.05) is 36.4 Å². The molecule has 1 aromatic heterocycles. The van der Waals surface area contributed by atoms with Crippen LogP contribution in [0.25, 0.3) is 11.1 Å². The van der Waals surface area contributed by atoms with Crippen molar-refractivity contribution in [3.05, 3.63) is 64.1 Å². The van der Waals surface area contributed by atoms with Crippen molar-refractivity contribution in [2.24, 2.45) is 7.05 Å². The number of alkyl halides is 1. The zero-order valence-electron chi connectivity index (χ0n) is 11.7. The summed E-state index contributed by atoms with van der Waals surface area (Å²) >= 11 is 6.51. The molecular weight excluding hydrogens is 290 g/mol. The number of nitrogens with zero attached hydrogens (tertiary/aromatic N) is 1. The van der Waals surface area contributed by atoms with Gasteiger partial charge in [0.15, 0.2) is 5.58 Å². The summed E-state index contributed by atoms with van der Waals surface area (Å²) in [4.78, 5) is 11.5. The van der Waals surface area contributed by atoms with E-state index in [4.69, 9.17) is 20.8 Å². The van der Waals surface area contributed by atoms with Gasteiger partial charge in [-0.05, 0) is 35.4 Å². The van der Waals surface area contributed by atoms with Crippen LogP contribution in [0, 0.1) is 0 Å². The van der Waals surface area contributed by atoms with E-state index in [0.717, 1.165) is 22.4 Å². The van der Waals surface area contributed by atoms with Gasteiger partial charge in [0, 0.05) is 7.05 Å². The highest BCUT2D eigenvalue weighted by Gasteiger charge is 2.14. The van der Waals surface area contributed by atoms with Crippen molar-refractivity contribution < 1.29 is 9.15 Å². The first-order chi connectivity index (χ1) is 10.1. The molecule has 0 aliphatic carbocycles. The fraction of sp³-hybridized carbons (Fsp3) is 0.188. The fourth-order valence-corrected chi connectivity index (χ4v) is 2.55. The average molecular weight is 304 g/mol. The van der Waals surface area contributed by atoms with Gasteiger partial charge in [0.25, 0.3) is 0 Å². The molecule has 1 atom stereocenters. The molecule has 0 fully saturated rings. The smallest absolute Gasteiger partial charge is 0.419 e. The highest BCUT2D eigenvalue weighted by atomic mass is 35.5. The maximum absolute atomic E-state index is 11.5. The highest BCUT2D eigenvalue weighted by molar-refractivity contribution is 6.22. The molecule has 4 nitrogen and oxygen atoms in total. The molecule has 0 radical (unpaired) electrons. The van der Waals surface area contributed by atoms with Gasteiger partial charge in [-0.2, -0.15) is 0 Å². The van der Waals surface area contributed by atoms with E-state index in [2.05, 4.69) is 0 Å². The molecule has 5 heteroatoms. The maximum Gasteiger partial charge on any atom is 0.419 e. The fourth-order valence-electron chi connectivity index (χ4n) is 2.27. The first-order valence-corrected chi connectivity index (χ1v) is 6.91. The molecule has 3 rings (SSSR count). The maximum atomic E-state index is 11.5. The molecule has 1 unspecified atom stereocenters. The quantitative estimate of drug-likeness (QED) is 0.696. The number of hydrogen-bond donors (Lipinski definition) is 0. The average Bonchev–Trinajstić information content (AvgIpc) is 2.81. The summed E-state index contributed by atoms with van der Waals surface area (Å²) in [5.74, 6) is 0.407. The Bertz CT molecular complexity index is 833. The Kier molecular flexibility index (Phi) is 3.47. The van der Waals surface area contributed by atoms with Crippen LogP contribution in [0.3, 0.4) is 0 Å². The summed E-state index contributed by atoms with van der Waals surface area (Å²) < 4.78 is 11.8. The van der Waals surface area contributed by atoms with Gasteiger partial charge in [-0.1, -0.05) is 18.2 Å². The standard InChI is InChI=1S/C16H14ClNO3/c1-18-13-8-5-11(9-14(13)21-16(18)19)15(17)10-3-6-12(20-2)7-4-10/h3-9,15H,1-2H3. The van der Waals surface area contributed by atoms with E-state index in [1.54, 1.807) is 20.2 Å². The van der Waals surface area contributed by atoms with Crippen molar-refractivity contribution in [2.45, 2.75) is 5.38 Å². The van der Waals surface area contributed by atoms with E-state index in [1.165, 1.54) is 4.57 Å². The number of fused-ring (bicyclic) bond motifs is 1. The largest absolute Gasteiger partial charge is 0.497 e. The summed E-state index contributed by atoms with van der Waals surface area (Å²) in [5.41, 5.74) is 3.13. The predicted octanol–water partition coefficient (Wildman–Crippen LogP) is 3.47. The molecule has 3 aromatic rings. The second kappa shape index (κ2) is 5.30.